The van der Waals surface area contributed by atoms with Crippen LogP contribution in [0.5, 0.6) is 5.75 Å². The first-order valence-electron chi connectivity index (χ1n) is 6.67. The number of hydrogen-bond donors (Lipinski definition) is 2. The Balaban J connectivity index is 0.00000176. The Morgan fingerprint density at radius 1 is 1.23 bits per heavy atom. The third kappa shape index (κ3) is 3.72. The molecule has 1 aliphatic heterocycles. The first kappa shape index (κ1) is 16.6. The molecule has 4 nitrogen and oxygen atoms in total. The Labute approximate surface area is 131 Å². The normalized spacial score (nSPS) is 18.0. The lowest BCUT2D eigenvalue weighted by molar-refractivity contribution is -0.274. The van der Waals surface area contributed by atoms with E-state index >= 15 is 0 Å². The second-order valence-corrected chi connectivity index (χ2v) is 4.90. The third-order valence-corrected chi connectivity index (χ3v) is 3.42. The van der Waals surface area contributed by atoms with Crippen molar-refractivity contribution >= 4 is 12.4 Å². The summed E-state index contributed by atoms with van der Waals surface area (Å²) in [5, 5.41) is 10.3. The second-order valence-electron chi connectivity index (χ2n) is 4.90. The molecule has 0 amide bonds. The quantitative estimate of drug-likeness (QED) is 0.897. The average Bonchev–Trinajstić information content (AvgIpc) is 3.08. The van der Waals surface area contributed by atoms with E-state index in [4.69, 9.17) is 0 Å². The van der Waals surface area contributed by atoms with Gasteiger partial charge in [0, 0.05) is 11.6 Å². The Morgan fingerprint density at radius 3 is 2.68 bits per heavy atom. The maximum Gasteiger partial charge on any atom is 0.573 e. The lowest BCUT2D eigenvalue weighted by atomic mass is 10.1. The summed E-state index contributed by atoms with van der Waals surface area (Å²) >= 11 is 0. The van der Waals surface area contributed by atoms with E-state index in [9.17, 15) is 13.2 Å². The minimum Gasteiger partial charge on any atom is -0.405 e. The molecule has 2 aromatic rings. The molecule has 0 spiro atoms. The van der Waals surface area contributed by atoms with Gasteiger partial charge in [0.15, 0.2) is 0 Å². The van der Waals surface area contributed by atoms with Gasteiger partial charge in [0.2, 0.25) is 0 Å². The summed E-state index contributed by atoms with van der Waals surface area (Å²) in [6.07, 6.45) is -2.66. The van der Waals surface area contributed by atoms with Gasteiger partial charge in [0.1, 0.15) is 5.75 Å². The topological polar surface area (TPSA) is 49.9 Å². The minimum absolute atomic E-state index is 0. The lowest BCUT2D eigenvalue weighted by Gasteiger charge is -2.11. The molecule has 0 radical (unpaired) electrons. The molecular weight excluding hydrogens is 319 g/mol. The van der Waals surface area contributed by atoms with Crippen molar-refractivity contribution in [3.63, 3.8) is 0 Å². The van der Waals surface area contributed by atoms with Crippen LogP contribution in [-0.2, 0) is 0 Å². The van der Waals surface area contributed by atoms with Gasteiger partial charge >= 0.3 is 6.36 Å². The summed E-state index contributed by atoms with van der Waals surface area (Å²) in [7, 11) is 0. The van der Waals surface area contributed by atoms with Crippen molar-refractivity contribution in [2.45, 2.75) is 25.2 Å². The summed E-state index contributed by atoms with van der Waals surface area (Å²) in [5.74, 6) is -0.248. The fourth-order valence-corrected chi connectivity index (χ4v) is 2.50. The van der Waals surface area contributed by atoms with Gasteiger partial charge in [0.05, 0.1) is 11.4 Å². The van der Waals surface area contributed by atoms with Crippen LogP contribution in [0.4, 0.5) is 13.2 Å². The molecule has 0 unspecified atom stereocenters. The van der Waals surface area contributed by atoms with Crippen LogP contribution in [0, 0.1) is 0 Å². The number of H-pyrrole nitrogens is 1. The Bertz CT molecular complexity index is 624. The number of alkyl halides is 3. The number of nitrogens with zero attached hydrogens (tertiary/aromatic N) is 1. The number of para-hydroxylation sites is 1. The van der Waals surface area contributed by atoms with Gasteiger partial charge in [-0.05, 0) is 37.6 Å². The highest BCUT2D eigenvalue weighted by Crippen LogP contribution is 2.34. The van der Waals surface area contributed by atoms with E-state index in [0.29, 0.717) is 11.3 Å². The fourth-order valence-electron chi connectivity index (χ4n) is 2.50. The number of hydrogen-bond acceptors (Lipinski definition) is 3. The highest BCUT2D eigenvalue weighted by Gasteiger charge is 2.32. The highest BCUT2D eigenvalue weighted by molar-refractivity contribution is 5.85. The van der Waals surface area contributed by atoms with Crippen molar-refractivity contribution in [2.75, 3.05) is 6.54 Å². The van der Waals surface area contributed by atoms with Crippen molar-refractivity contribution in [3.05, 3.63) is 36.0 Å². The van der Waals surface area contributed by atoms with Crippen LogP contribution in [0.2, 0.25) is 0 Å². The number of aromatic amines is 1. The SMILES string of the molecule is Cl.FC(F)(F)Oc1ccccc1-c1cc([C@@H]2CCCN2)[nH]n1. The van der Waals surface area contributed by atoms with Crippen LogP contribution >= 0.6 is 12.4 Å². The smallest absolute Gasteiger partial charge is 0.405 e. The molecule has 8 heteroatoms. The van der Waals surface area contributed by atoms with Crippen molar-refractivity contribution in [1.82, 2.24) is 15.5 Å². The van der Waals surface area contributed by atoms with E-state index < -0.39 is 6.36 Å². The zero-order valence-corrected chi connectivity index (χ0v) is 12.3. The standard InChI is InChI=1S/C14H14F3N3O.ClH/c15-14(16,17)21-13-6-2-1-4-9(13)11-8-12(20-19-11)10-5-3-7-18-10;/h1-2,4,6,8,10,18H,3,5,7H2,(H,19,20);1H/t10-;/m0./s1. The van der Waals surface area contributed by atoms with E-state index in [2.05, 4.69) is 20.3 Å². The molecule has 2 heterocycles. The van der Waals surface area contributed by atoms with Gasteiger partial charge < -0.3 is 10.1 Å². The zero-order chi connectivity index (χ0) is 14.9. The molecule has 1 atom stereocenters. The molecule has 1 aromatic heterocycles. The zero-order valence-electron chi connectivity index (χ0n) is 11.5. The number of ether oxygens (including phenoxy) is 1. The van der Waals surface area contributed by atoms with Crippen LogP contribution in [-0.4, -0.2) is 23.1 Å². The molecule has 120 valence electrons. The van der Waals surface area contributed by atoms with Gasteiger partial charge in [-0.3, -0.25) is 5.10 Å². The minimum atomic E-state index is -4.72. The van der Waals surface area contributed by atoms with Crippen molar-refractivity contribution in [2.24, 2.45) is 0 Å². The summed E-state index contributed by atoms with van der Waals surface area (Å²) in [6.45, 7) is 0.937. The Morgan fingerprint density at radius 2 is 2.00 bits per heavy atom. The first-order chi connectivity index (χ1) is 10.0. The van der Waals surface area contributed by atoms with Crippen LogP contribution < -0.4 is 10.1 Å². The number of halogens is 4. The van der Waals surface area contributed by atoms with Crippen LogP contribution in [0.25, 0.3) is 11.3 Å². The molecule has 2 N–H and O–H groups in total. The van der Waals surface area contributed by atoms with E-state index in [-0.39, 0.29) is 24.2 Å². The van der Waals surface area contributed by atoms with E-state index in [1.807, 2.05) is 0 Å². The maximum atomic E-state index is 12.4. The molecular formula is C14H15ClF3N3O. The molecule has 3 rings (SSSR count). The summed E-state index contributed by atoms with van der Waals surface area (Å²) in [4.78, 5) is 0. The number of rotatable bonds is 3. The predicted octanol–water partition coefficient (Wildman–Crippen LogP) is 3.82. The third-order valence-electron chi connectivity index (χ3n) is 3.42. The molecule has 1 aliphatic rings. The van der Waals surface area contributed by atoms with Gasteiger partial charge in [-0.2, -0.15) is 5.10 Å². The second kappa shape index (κ2) is 6.58. The Kier molecular flexibility index (Phi) is 4.97. The van der Waals surface area contributed by atoms with E-state index in [0.717, 1.165) is 25.1 Å². The van der Waals surface area contributed by atoms with E-state index in [1.54, 1.807) is 18.2 Å². The van der Waals surface area contributed by atoms with Crippen LogP contribution in [0.15, 0.2) is 30.3 Å². The largest absolute Gasteiger partial charge is 0.573 e. The average molecular weight is 334 g/mol. The molecule has 0 saturated carbocycles. The molecule has 1 fully saturated rings. The van der Waals surface area contributed by atoms with Crippen molar-refractivity contribution < 1.29 is 17.9 Å². The Hall–Kier alpha value is -1.73. The predicted molar refractivity (Wildman–Crippen MR) is 77.9 cm³/mol. The molecule has 1 saturated heterocycles. The maximum absolute atomic E-state index is 12.4. The van der Waals surface area contributed by atoms with Gasteiger partial charge in [-0.1, -0.05) is 12.1 Å². The van der Waals surface area contributed by atoms with Gasteiger partial charge in [0.25, 0.3) is 0 Å². The monoisotopic (exact) mass is 333 g/mol. The molecule has 22 heavy (non-hydrogen) atoms. The van der Waals surface area contributed by atoms with Crippen LogP contribution in [0.3, 0.4) is 0 Å². The molecule has 0 aliphatic carbocycles. The summed E-state index contributed by atoms with van der Waals surface area (Å²) < 4.78 is 41.3. The van der Waals surface area contributed by atoms with E-state index in [1.165, 1.54) is 12.1 Å². The summed E-state index contributed by atoms with van der Waals surface area (Å²) in [5.41, 5.74) is 1.64. The van der Waals surface area contributed by atoms with Crippen molar-refractivity contribution in [3.8, 4) is 17.0 Å². The number of aromatic nitrogens is 2. The lowest BCUT2D eigenvalue weighted by Crippen LogP contribution is -2.17. The number of benzene rings is 1. The van der Waals surface area contributed by atoms with Crippen molar-refractivity contribution in [1.29, 1.82) is 0 Å². The van der Waals surface area contributed by atoms with Gasteiger partial charge in [-0.25, -0.2) is 0 Å². The first-order valence-corrected chi connectivity index (χ1v) is 6.67. The van der Waals surface area contributed by atoms with Crippen LogP contribution in [0.1, 0.15) is 24.6 Å². The highest BCUT2D eigenvalue weighted by atomic mass is 35.5. The molecule has 1 aromatic carbocycles. The summed E-state index contributed by atoms with van der Waals surface area (Å²) in [6, 6.07) is 7.94. The molecule has 0 bridgehead atoms. The number of nitrogens with one attached hydrogen (secondary N) is 2. The van der Waals surface area contributed by atoms with Gasteiger partial charge in [-0.15, -0.1) is 25.6 Å². The fraction of sp³-hybridized carbons (Fsp3) is 0.357.